The molecule has 1 aromatic carbocycles. The van der Waals surface area contributed by atoms with Crippen LogP contribution in [0.5, 0.6) is 0 Å². The van der Waals surface area contributed by atoms with E-state index in [-0.39, 0.29) is 12.2 Å². The largest absolute Gasteiger partial charge is 0.326 e. The van der Waals surface area contributed by atoms with Crippen molar-refractivity contribution in [3.63, 3.8) is 0 Å². The van der Waals surface area contributed by atoms with Crippen molar-refractivity contribution in [1.29, 1.82) is 0 Å². The van der Waals surface area contributed by atoms with E-state index in [1.807, 2.05) is 18.2 Å². The summed E-state index contributed by atoms with van der Waals surface area (Å²) in [4.78, 5) is 14.7. The van der Waals surface area contributed by atoms with Crippen molar-refractivity contribution < 1.29 is 4.79 Å². The molecule has 1 saturated heterocycles. The maximum atomic E-state index is 12.6. The number of nitrogens with zero attached hydrogens (tertiary/aromatic N) is 1. The van der Waals surface area contributed by atoms with Gasteiger partial charge >= 0.3 is 0 Å². The molecule has 0 radical (unpaired) electrons. The summed E-state index contributed by atoms with van der Waals surface area (Å²) in [6.07, 6.45) is 5.83. The van der Waals surface area contributed by atoms with Gasteiger partial charge in [-0.1, -0.05) is 43.7 Å². The molecule has 1 aliphatic heterocycles. The maximum Gasteiger partial charge on any atom is 0.241 e. The Morgan fingerprint density at radius 1 is 1.25 bits per heavy atom. The van der Waals surface area contributed by atoms with Gasteiger partial charge in [-0.15, -0.1) is 0 Å². The molecule has 3 rings (SSSR count). The predicted molar refractivity (Wildman–Crippen MR) is 80.2 cm³/mol. The van der Waals surface area contributed by atoms with Gasteiger partial charge in [-0.05, 0) is 37.2 Å². The molecule has 1 heterocycles. The van der Waals surface area contributed by atoms with E-state index in [1.54, 1.807) is 0 Å². The van der Waals surface area contributed by atoms with Crippen molar-refractivity contribution in [2.75, 3.05) is 6.54 Å². The summed E-state index contributed by atoms with van der Waals surface area (Å²) in [5.74, 6) is 1.06. The summed E-state index contributed by atoms with van der Waals surface area (Å²) in [7, 11) is 0. The smallest absolute Gasteiger partial charge is 0.241 e. The fourth-order valence-electron chi connectivity index (χ4n) is 3.05. The van der Waals surface area contributed by atoms with E-state index in [9.17, 15) is 4.79 Å². The topological polar surface area (TPSA) is 32.3 Å². The SMILES string of the molecule is CCCC1NC(Cc2ccccc2)C(=O)N1CC1CC1. The number of nitrogens with one attached hydrogen (secondary N) is 1. The third-order valence-corrected chi connectivity index (χ3v) is 4.35. The molecular formula is C17H24N2O. The van der Waals surface area contributed by atoms with Crippen molar-refractivity contribution in [3.8, 4) is 0 Å². The van der Waals surface area contributed by atoms with Gasteiger partial charge in [-0.3, -0.25) is 10.1 Å². The molecule has 1 N–H and O–H groups in total. The Morgan fingerprint density at radius 2 is 2.00 bits per heavy atom. The van der Waals surface area contributed by atoms with E-state index in [2.05, 4.69) is 29.3 Å². The van der Waals surface area contributed by atoms with Crippen molar-refractivity contribution in [3.05, 3.63) is 35.9 Å². The molecule has 1 aromatic rings. The van der Waals surface area contributed by atoms with Crippen LogP contribution in [-0.2, 0) is 11.2 Å². The van der Waals surface area contributed by atoms with Crippen LogP contribution < -0.4 is 5.32 Å². The van der Waals surface area contributed by atoms with Gasteiger partial charge in [0, 0.05) is 6.54 Å². The van der Waals surface area contributed by atoms with Gasteiger partial charge in [-0.25, -0.2) is 0 Å². The zero-order valence-corrected chi connectivity index (χ0v) is 12.2. The number of carbonyl (C=O) groups is 1. The second kappa shape index (κ2) is 5.96. The van der Waals surface area contributed by atoms with Crippen LogP contribution in [0.1, 0.15) is 38.2 Å². The fourth-order valence-corrected chi connectivity index (χ4v) is 3.05. The van der Waals surface area contributed by atoms with Crippen LogP contribution in [0, 0.1) is 5.92 Å². The number of hydrogen-bond acceptors (Lipinski definition) is 2. The van der Waals surface area contributed by atoms with Crippen LogP contribution in [0.2, 0.25) is 0 Å². The molecule has 0 aromatic heterocycles. The normalized spacial score (nSPS) is 26.2. The van der Waals surface area contributed by atoms with Crippen molar-refractivity contribution in [1.82, 2.24) is 10.2 Å². The highest BCUT2D eigenvalue weighted by Gasteiger charge is 2.40. The molecule has 2 fully saturated rings. The first-order valence-corrected chi connectivity index (χ1v) is 7.88. The average Bonchev–Trinajstić information content (AvgIpc) is 3.23. The molecule has 3 nitrogen and oxygen atoms in total. The number of rotatable bonds is 6. The Hall–Kier alpha value is -1.35. The molecule has 20 heavy (non-hydrogen) atoms. The van der Waals surface area contributed by atoms with E-state index in [1.165, 1.54) is 18.4 Å². The lowest BCUT2D eigenvalue weighted by Gasteiger charge is -2.23. The first-order chi connectivity index (χ1) is 9.78. The van der Waals surface area contributed by atoms with Gasteiger partial charge in [0.1, 0.15) is 0 Å². The third kappa shape index (κ3) is 3.04. The van der Waals surface area contributed by atoms with Gasteiger partial charge in [-0.2, -0.15) is 0 Å². The monoisotopic (exact) mass is 272 g/mol. The van der Waals surface area contributed by atoms with Crippen molar-refractivity contribution in [2.24, 2.45) is 5.92 Å². The Morgan fingerprint density at radius 3 is 2.65 bits per heavy atom. The van der Waals surface area contributed by atoms with Crippen molar-refractivity contribution in [2.45, 2.75) is 51.2 Å². The number of amides is 1. The Bertz CT molecular complexity index is 455. The molecule has 1 saturated carbocycles. The number of hydrogen-bond donors (Lipinski definition) is 1. The molecular weight excluding hydrogens is 248 g/mol. The minimum Gasteiger partial charge on any atom is -0.326 e. The van der Waals surface area contributed by atoms with Crippen LogP contribution in [0.4, 0.5) is 0 Å². The Kier molecular flexibility index (Phi) is 4.06. The summed E-state index contributed by atoms with van der Waals surface area (Å²) < 4.78 is 0. The Balaban J connectivity index is 1.67. The average molecular weight is 272 g/mol. The molecule has 0 spiro atoms. The molecule has 108 valence electrons. The van der Waals surface area contributed by atoms with Crippen molar-refractivity contribution >= 4 is 5.91 Å². The quantitative estimate of drug-likeness (QED) is 0.863. The molecule has 1 amide bonds. The van der Waals surface area contributed by atoms with E-state index < -0.39 is 0 Å². The molecule has 3 heteroatoms. The highest BCUT2D eigenvalue weighted by atomic mass is 16.2. The first kappa shape index (κ1) is 13.6. The number of benzene rings is 1. The molecule has 2 aliphatic rings. The lowest BCUT2D eigenvalue weighted by molar-refractivity contribution is -0.130. The summed E-state index contributed by atoms with van der Waals surface area (Å²) in [5, 5.41) is 3.55. The first-order valence-electron chi connectivity index (χ1n) is 7.88. The summed E-state index contributed by atoms with van der Waals surface area (Å²) >= 11 is 0. The van der Waals surface area contributed by atoms with Gasteiger partial charge in [0.2, 0.25) is 5.91 Å². The van der Waals surface area contributed by atoms with Gasteiger partial charge < -0.3 is 4.90 Å². The predicted octanol–water partition coefficient (Wildman–Crippen LogP) is 2.57. The van der Waals surface area contributed by atoms with Crippen LogP contribution in [0.25, 0.3) is 0 Å². The van der Waals surface area contributed by atoms with E-state index >= 15 is 0 Å². The van der Waals surface area contributed by atoms with E-state index in [0.29, 0.717) is 5.91 Å². The summed E-state index contributed by atoms with van der Waals surface area (Å²) in [5.41, 5.74) is 1.24. The lowest BCUT2D eigenvalue weighted by Crippen LogP contribution is -2.38. The van der Waals surface area contributed by atoms with Gasteiger partial charge in [0.05, 0.1) is 12.2 Å². The fraction of sp³-hybridized carbons (Fsp3) is 0.588. The molecule has 1 aliphatic carbocycles. The zero-order chi connectivity index (χ0) is 13.9. The number of carbonyl (C=O) groups excluding carboxylic acids is 1. The van der Waals surface area contributed by atoms with Gasteiger partial charge in [0.15, 0.2) is 0 Å². The molecule has 2 unspecified atom stereocenters. The molecule has 2 atom stereocenters. The van der Waals surface area contributed by atoms with Crippen LogP contribution >= 0.6 is 0 Å². The Labute approximate surface area is 121 Å². The zero-order valence-electron chi connectivity index (χ0n) is 12.2. The second-order valence-corrected chi connectivity index (χ2v) is 6.15. The summed E-state index contributed by atoms with van der Waals surface area (Å²) in [6.45, 7) is 3.15. The van der Waals surface area contributed by atoms with E-state index in [0.717, 1.165) is 31.7 Å². The standard InChI is InChI=1S/C17H24N2O/c1-2-6-16-18-15(11-13-7-4-3-5-8-13)17(20)19(16)12-14-9-10-14/h3-5,7-8,14-16,18H,2,6,9-12H2,1H3. The maximum absolute atomic E-state index is 12.6. The lowest BCUT2D eigenvalue weighted by atomic mass is 10.1. The van der Waals surface area contributed by atoms with Crippen LogP contribution in [0.3, 0.4) is 0 Å². The summed E-state index contributed by atoms with van der Waals surface area (Å²) in [6, 6.07) is 10.3. The third-order valence-electron chi connectivity index (χ3n) is 4.35. The highest BCUT2D eigenvalue weighted by molar-refractivity contribution is 5.84. The minimum atomic E-state index is -0.0345. The highest BCUT2D eigenvalue weighted by Crippen LogP contribution is 2.32. The van der Waals surface area contributed by atoms with Gasteiger partial charge in [0.25, 0.3) is 0 Å². The molecule has 0 bridgehead atoms. The van der Waals surface area contributed by atoms with Crippen LogP contribution in [0.15, 0.2) is 30.3 Å². The van der Waals surface area contributed by atoms with Crippen LogP contribution in [-0.4, -0.2) is 29.6 Å². The van der Waals surface area contributed by atoms with E-state index in [4.69, 9.17) is 0 Å². The second-order valence-electron chi connectivity index (χ2n) is 6.15. The minimum absolute atomic E-state index is 0.0345.